The first-order valence-corrected chi connectivity index (χ1v) is 8.91. The number of aliphatic hydroxyl groups is 2. The molecule has 0 spiro atoms. The van der Waals surface area contributed by atoms with Gasteiger partial charge in [-0.2, -0.15) is 0 Å². The van der Waals surface area contributed by atoms with E-state index in [2.05, 4.69) is 41.8 Å². The molecule has 23 heavy (non-hydrogen) atoms. The monoisotopic (exact) mass is 318 g/mol. The molecule has 0 aliphatic carbocycles. The van der Waals surface area contributed by atoms with E-state index in [0.29, 0.717) is 18.9 Å². The maximum Gasteiger partial charge on any atom is 0.0901 e. The zero-order chi connectivity index (χ0) is 16.4. The Hall–Kier alpha value is -1.10. The minimum absolute atomic E-state index is 0.105. The molecule has 0 atom stereocenters. The van der Waals surface area contributed by atoms with Gasteiger partial charge in [0.15, 0.2) is 0 Å². The standard InChI is InChI=1S/C19H30N2O2/c1-15-4-3-5-18(16(15)2)21-10-6-17(7-11-21)20-12-8-19(23,14-22)9-13-20/h3-5,17,22-23H,6-14H2,1-2H3. The lowest BCUT2D eigenvalue weighted by Crippen LogP contribution is -2.52. The van der Waals surface area contributed by atoms with Gasteiger partial charge in [-0.15, -0.1) is 0 Å². The van der Waals surface area contributed by atoms with E-state index in [-0.39, 0.29) is 6.61 Å². The van der Waals surface area contributed by atoms with Crippen LogP contribution >= 0.6 is 0 Å². The summed E-state index contributed by atoms with van der Waals surface area (Å²) in [5, 5.41) is 19.4. The van der Waals surface area contributed by atoms with E-state index in [0.717, 1.165) is 26.2 Å². The minimum atomic E-state index is -0.837. The second-order valence-electron chi connectivity index (χ2n) is 7.36. The summed E-state index contributed by atoms with van der Waals surface area (Å²) in [7, 11) is 0. The predicted molar refractivity (Wildman–Crippen MR) is 94.0 cm³/mol. The van der Waals surface area contributed by atoms with Crippen LogP contribution in [-0.2, 0) is 0 Å². The van der Waals surface area contributed by atoms with Gasteiger partial charge in [0, 0.05) is 37.9 Å². The summed E-state index contributed by atoms with van der Waals surface area (Å²) in [6.07, 6.45) is 3.76. The molecule has 0 unspecified atom stereocenters. The lowest BCUT2D eigenvalue weighted by atomic mass is 9.90. The van der Waals surface area contributed by atoms with Crippen LogP contribution in [0.3, 0.4) is 0 Å². The van der Waals surface area contributed by atoms with Gasteiger partial charge >= 0.3 is 0 Å². The summed E-state index contributed by atoms with van der Waals surface area (Å²) < 4.78 is 0. The number of likely N-dealkylation sites (tertiary alicyclic amines) is 1. The molecule has 4 nitrogen and oxygen atoms in total. The Morgan fingerprint density at radius 3 is 2.35 bits per heavy atom. The first-order valence-electron chi connectivity index (χ1n) is 8.91. The normalized spacial score (nSPS) is 23.2. The number of anilines is 1. The SMILES string of the molecule is Cc1cccc(N2CCC(N3CCC(O)(CO)CC3)CC2)c1C. The second-order valence-corrected chi connectivity index (χ2v) is 7.36. The lowest BCUT2D eigenvalue weighted by molar-refractivity contribution is -0.0673. The molecule has 0 bridgehead atoms. The largest absolute Gasteiger partial charge is 0.393 e. The molecule has 128 valence electrons. The van der Waals surface area contributed by atoms with E-state index in [1.807, 2.05) is 0 Å². The van der Waals surface area contributed by atoms with Crippen molar-refractivity contribution in [1.82, 2.24) is 4.90 Å². The highest BCUT2D eigenvalue weighted by molar-refractivity contribution is 5.56. The smallest absolute Gasteiger partial charge is 0.0901 e. The van der Waals surface area contributed by atoms with Crippen LogP contribution < -0.4 is 4.90 Å². The molecular formula is C19H30N2O2. The Balaban J connectivity index is 1.56. The van der Waals surface area contributed by atoms with Crippen LogP contribution in [0.25, 0.3) is 0 Å². The molecule has 2 aliphatic heterocycles. The second kappa shape index (κ2) is 6.80. The van der Waals surface area contributed by atoms with E-state index in [1.165, 1.54) is 29.7 Å². The summed E-state index contributed by atoms with van der Waals surface area (Å²) in [6.45, 7) is 8.33. The summed E-state index contributed by atoms with van der Waals surface area (Å²) >= 11 is 0. The van der Waals surface area contributed by atoms with Crippen LogP contribution in [-0.4, -0.2) is 59.5 Å². The Morgan fingerprint density at radius 1 is 1.09 bits per heavy atom. The van der Waals surface area contributed by atoms with Gasteiger partial charge in [0.1, 0.15) is 0 Å². The summed E-state index contributed by atoms with van der Waals surface area (Å²) in [5.41, 5.74) is 3.31. The van der Waals surface area contributed by atoms with Crippen molar-refractivity contribution in [3.8, 4) is 0 Å². The maximum atomic E-state index is 10.2. The van der Waals surface area contributed by atoms with Gasteiger partial charge in [0.05, 0.1) is 12.2 Å². The van der Waals surface area contributed by atoms with Crippen LogP contribution in [0.15, 0.2) is 18.2 Å². The molecule has 0 radical (unpaired) electrons. The third-order valence-electron chi connectivity index (χ3n) is 5.92. The number of hydrogen-bond acceptors (Lipinski definition) is 4. The van der Waals surface area contributed by atoms with Crippen LogP contribution in [0, 0.1) is 13.8 Å². The zero-order valence-corrected chi connectivity index (χ0v) is 14.5. The van der Waals surface area contributed by atoms with E-state index >= 15 is 0 Å². The maximum absolute atomic E-state index is 10.2. The lowest BCUT2D eigenvalue weighted by Gasteiger charge is -2.44. The number of benzene rings is 1. The van der Waals surface area contributed by atoms with Gasteiger partial charge in [-0.1, -0.05) is 12.1 Å². The van der Waals surface area contributed by atoms with E-state index < -0.39 is 5.60 Å². The Labute approximate surface area is 139 Å². The highest BCUT2D eigenvalue weighted by Gasteiger charge is 2.35. The topological polar surface area (TPSA) is 46.9 Å². The molecule has 2 heterocycles. The van der Waals surface area contributed by atoms with Crippen molar-refractivity contribution in [2.75, 3.05) is 37.7 Å². The van der Waals surface area contributed by atoms with Crippen LogP contribution in [0.5, 0.6) is 0 Å². The van der Waals surface area contributed by atoms with Crippen LogP contribution in [0.1, 0.15) is 36.8 Å². The molecule has 0 amide bonds. The van der Waals surface area contributed by atoms with Crippen molar-refractivity contribution in [1.29, 1.82) is 0 Å². The van der Waals surface area contributed by atoms with Gasteiger partial charge in [-0.3, -0.25) is 0 Å². The first-order chi connectivity index (χ1) is 11.0. The highest BCUT2D eigenvalue weighted by atomic mass is 16.3. The molecule has 1 aromatic carbocycles. The van der Waals surface area contributed by atoms with Crippen LogP contribution in [0.4, 0.5) is 5.69 Å². The summed E-state index contributed by atoms with van der Waals surface area (Å²) in [4.78, 5) is 5.04. The van der Waals surface area contributed by atoms with E-state index in [4.69, 9.17) is 0 Å². The Kier molecular flexibility index (Phi) is 4.95. The number of hydrogen-bond donors (Lipinski definition) is 2. The number of nitrogens with zero attached hydrogens (tertiary/aromatic N) is 2. The van der Waals surface area contributed by atoms with Crippen molar-refractivity contribution in [2.45, 2.75) is 51.2 Å². The Bertz CT molecular complexity index is 530. The van der Waals surface area contributed by atoms with E-state index in [1.54, 1.807) is 0 Å². The third kappa shape index (κ3) is 3.54. The quantitative estimate of drug-likeness (QED) is 0.896. The van der Waals surface area contributed by atoms with Gasteiger partial charge in [0.25, 0.3) is 0 Å². The number of aryl methyl sites for hydroxylation is 1. The fourth-order valence-electron chi connectivity index (χ4n) is 4.01. The highest BCUT2D eigenvalue weighted by Crippen LogP contribution is 2.29. The molecule has 1 aromatic rings. The zero-order valence-electron chi connectivity index (χ0n) is 14.5. The van der Waals surface area contributed by atoms with E-state index in [9.17, 15) is 10.2 Å². The average molecular weight is 318 g/mol. The molecule has 0 saturated carbocycles. The van der Waals surface area contributed by atoms with Crippen molar-refractivity contribution < 1.29 is 10.2 Å². The number of rotatable bonds is 3. The fraction of sp³-hybridized carbons (Fsp3) is 0.684. The number of aliphatic hydroxyl groups excluding tert-OH is 1. The molecule has 0 aromatic heterocycles. The van der Waals surface area contributed by atoms with Crippen molar-refractivity contribution in [3.05, 3.63) is 29.3 Å². The summed E-state index contributed by atoms with van der Waals surface area (Å²) in [5.74, 6) is 0. The fourth-order valence-corrected chi connectivity index (χ4v) is 4.01. The molecule has 2 saturated heterocycles. The van der Waals surface area contributed by atoms with Crippen LogP contribution in [0.2, 0.25) is 0 Å². The van der Waals surface area contributed by atoms with Crippen molar-refractivity contribution in [2.24, 2.45) is 0 Å². The molecule has 4 heteroatoms. The molecule has 2 aliphatic rings. The Morgan fingerprint density at radius 2 is 1.74 bits per heavy atom. The van der Waals surface area contributed by atoms with Crippen molar-refractivity contribution >= 4 is 5.69 Å². The van der Waals surface area contributed by atoms with Gasteiger partial charge in [-0.05, 0) is 56.7 Å². The molecule has 3 rings (SSSR count). The minimum Gasteiger partial charge on any atom is -0.393 e. The van der Waals surface area contributed by atoms with Crippen molar-refractivity contribution in [3.63, 3.8) is 0 Å². The predicted octanol–water partition coefficient (Wildman–Crippen LogP) is 2.09. The molecule has 2 N–H and O–H groups in total. The van der Waals surface area contributed by atoms with Gasteiger partial charge in [0.2, 0.25) is 0 Å². The third-order valence-corrected chi connectivity index (χ3v) is 5.92. The first kappa shape index (κ1) is 16.7. The number of piperidine rings is 2. The summed E-state index contributed by atoms with van der Waals surface area (Å²) in [6, 6.07) is 7.20. The van der Waals surface area contributed by atoms with Gasteiger partial charge < -0.3 is 20.0 Å². The molecular weight excluding hydrogens is 288 g/mol. The van der Waals surface area contributed by atoms with Gasteiger partial charge in [-0.25, -0.2) is 0 Å². The average Bonchev–Trinajstić information content (AvgIpc) is 2.58. The molecule has 2 fully saturated rings.